The third kappa shape index (κ3) is 3.41. The summed E-state index contributed by atoms with van der Waals surface area (Å²) in [5.41, 5.74) is 0.444. The summed E-state index contributed by atoms with van der Waals surface area (Å²) >= 11 is 0. The number of halogens is 2. The first-order chi connectivity index (χ1) is 11.0. The van der Waals surface area contributed by atoms with E-state index in [0.29, 0.717) is 16.7 Å². The molecule has 0 atom stereocenters. The molecule has 128 valence electrons. The molecular weight excluding hydrogens is 314 g/mol. The minimum atomic E-state index is -1.11. The van der Waals surface area contributed by atoms with Gasteiger partial charge in [-0.3, -0.25) is 0 Å². The molecule has 3 N–H and O–H groups in total. The van der Waals surface area contributed by atoms with E-state index in [1.165, 1.54) is 18.2 Å². The Morgan fingerprint density at radius 3 is 2.12 bits per heavy atom. The van der Waals surface area contributed by atoms with Crippen LogP contribution in [0, 0.1) is 25.5 Å². The molecule has 0 aromatic heterocycles. The number of rotatable bonds is 3. The monoisotopic (exact) mass is 334 g/mol. The van der Waals surface area contributed by atoms with E-state index in [0.717, 1.165) is 12.1 Å². The van der Waals surface area contributed by atoms with Gasteiger partial charge in [0.2, 0.25) is 0 Å². The van der Waals surface area contributed by atoms with Gasteiger partial charge in [-0.25, -0.2) is 8.78 Å². The summed E-state index contributed by atoms with van der Waals surface area (Å²) in [5.74, 6) is -2.26. The molecule has 24 heavy (non-hydrogen) atoms. The van der Waals surface area contributed by atoms with Crippen molar-refractivity contribution in [1.29, 1.82) is 0 Å². The van der Waals surface area contributed by atoms with Gasteiger partial charge >= 0.3 is 0 Å². The Morgan fingerprint density at radius 1 is 0.958 bits per heavy atom. The van der Waals surface area contributed by atoms with Crippen LogP contribution >= 0.6 is 0 Å². The van der Waals surface area contributed by atoms with E-state index in [4.69, 9.17) is 0 Å². The van der Waals surface area contributed by atoms with E-state index in [2.05, 4.69) is 0 Å². The van der Waals surface area contributed by atoms with Crippen LogP contribution < -0.4 is 0 Å². The molecule has 0 unspecified atom stereocenters. The van der Waals surface area contributed by atoms with Crippen molar-refractivity contribution in [2.75, 3.05) is 0 Å². The molecule has 0 saturated heterocycles. The van der Waals surface area contributed by atoms with E-state index in [1.54, 1.807) is 27.7 Å². The lowest BCUT2D eigenvalue weighted by molar-refractivity contribution is 0.134. The van der Waals surface area contributed by atoms with Crippen molar-refractivity contribution in [3.8, 4) is 22.6 Å². The van der Waals surface area contributed by atoms with Gasteiger partial charge < -0.3 is 15.3 Å². The number of aliphatic hydroxyl groups is 1. The predicted molar refractivity (Wildman–Crippen MR) is 89.9 cm³/mol. The van der Waals surface area contributed by atoms with Crippen LogP contribution in [0.4, 0.5) is 8.78 Å². The molecule has 0 fully saturated rings. The fraction of sp³-hybridized carbons (Fsp3) is 0.263. The van der Waals surface area contributed by atoms with Crippen molar-refractivity contribution < 1.29 is 24.1 Å². The zero-order chi connectivity index (χ0) is 18.2. The Morgan fingerprint density at radius 2 is 1.58 bits per heavy atom. The SMILES string of the molecule is Cc1c(O)c(C)c(-c2ccc(F)c(F)c2)c(O)c1C=CC(C)(C)O. The van der Waals surface area contributed by atoms with Crippen LogP contribution in [0.1, 0.15) is 30.5 Å². The first-order valence-corrected chi connectivity index (χ1v) is 7.45. The van der Waals surface area contributed by atoms with E-state index >= 15 is 0 Å². The third-order valence-electron chi connectivity index (χ3n) is 3.85. The van der Waals surface area contributed by atoms with Gasteiger partial charge in [0.25, 0.3) is 0 Å². The van der Waals surface area contributed by atoms with Gasteiger partial charge in [-0.15, -0.1) is 0 Å². The Hall–Kier alpha value is -2.40. The summed E-state index contributed by atoms with van der Waals surface area (Å²) in [6.45, 7) is 6.35. The van der Waals surface area contributed by atoms with Crippen LogP contribution in [0.15, 0.2) is 24.3 Å². The first-order valence-electron chi connectivity index (χ1n) is 7.45. The highest BCUT2D eigenvalue weighted by atomic mass is 19.2. The molecule has 0 bridgehead atoms. The Bertz CT molecular complexity index is 819. The molecule has 0 heterocycles. The van der Waals surface area contributed by atoms with Crippen molar-refractivity contribution in [1.82, 2.24) is 0 Å². The van der Waals surface area contributed by atoms with Crippen molar-refractivity contribution >= 4 is 6.08 Å². The first kappa shape index (κ1) is 17.9. The van der Waals surface area contributed by atoms with Crippen LogP contribution in [-0.2, 0) is 0 Å². The molecule has 5 heteroatoms. The van der Waals surface area contributed by atoms with E-state index in [-0.39, 0.29) is 22.6 Å². The summed E-state index contributed by atoms with van der Waals surface area (Å²) in [7, 11) is 0. The van der Waals surface area contributed by atoms with Crippen molar-refractivity contribution in [3.05, 3.63) is 52.6 Å². The molecule has 0 spiro atoms. The van der Waals surface area contributed by atoms with Crippen molar-refractivity contribution in [3.63, 3.8) is 0 Å². The minimum Gasteiger partial charge on any atom is -0.507 e. The third-order valence-corrected chi connectivity index (χ3v) is 3.85. The highest BCUT2D eigenvalue weighted by Crippen LogP contribution is 2.43. The molecule has 2 aromatic rings. The van der Waals surface area contributed by atoms with Gasteiger partial charge in [0.05, 0.1) is 5.60 Å². The summed E-state index contributed by atoms with van der Waals surface area (Å²) < 4.78 is 26.7. The van der Waals surface area contributed by atoms with Crippen LogP contribution in [0.25, 0.3) is 17.2 Å². The van der Waals surface area contributed by atoms with E-state index < -0.39 is 17.2 Å². The zero-order valence-corrected chi connectivity index (χ0v) is 14.0. The second-order valence-corrected chi connectivity index (χ2v) is 6.35. The van der Waals surface area contributed by atoms with Gasteiger partial charge in [-0.05, 0) is 45.4 Å². The molecule has 0 radical (unpaired) electrons. The molecule has 2 rings (SSSR count). The Labute approximate surface area is 139 Å². The van der Waals surface area contributed by atoms with Gasteiger partial charge in [0, 0.05) is 22.3 Å². The van der Waals surface area contributed by atoms with Gasteiger partial charge in [-0.2, -0.15) is 0 Å². The lowest BCUT2D eigenvalue weighted by Gasteiger charge is -2.18. The highest BCUT2D eigenvalue weighted by molar-refractivity contribution is 5.83. The summed E-state index contributed by atoms with van der Waals surface area (Å²) in [6, 6.07) is 3.27. The number of phenols is 2. The van der Waals surface area contributed by atoms with Crippen LogP contribution in [-0.4, -0.2) is 20.9 Å². The van der Waals surface area contributed by atoms with Crippen LogP contribution in [0.2, 0.25) is 0 Å². The number of hydrogen-bond donors (Lipinski definition) is 3. The van der Waals surface area contributed by atoms with Gasteiger partial charge in [0.1, 0.15) is 11.5 Å². The smallest absolute Gasteiger partial charge is 0.159 e. The average molecular weight is 334 g/mol. The molecule has 0 amide bonds. The molecule has 0 aliphatic heterocycles. The standard InChI is InChI=1S/C19H20F2O3/c1-10-13(7-8-19(3,4)24)18(23)16(11(2)17(10)22)12-5-6-14(20)15(21)9-12/h5-9,22-24H,1-4H3. The molecular formula is C19H20F2O3. The summed E-state index contributed by atoms with van der Waals surface area (Å²) in [6.07, 6.45) is 2.96. The van der Waals surface area contributed by atoms with Gasteiger partial charge in [-0.1, -0.05) is 18.2 Å². The second kappa shape index (κ2) is 6.24. The van der Waals surface area contributed by atoms with Gasteiger partial charge in [0.15, 0.2) is 11.6 Å². The van der Waals surface area contributed by atoms with Crippen molar-refractivity contribution in [2.24, 2.45) is 0 Å². The number of phenolic OH excluding ortho intramolecular Hbond substituents is 2. The minimum absolute atomic E-state index is 0.0528. The topological polar surface area (TPSA) is 60.7 Å². The zero-order valence-electron chi connectivity index (χ0n) is 14.0. The number of aromatic hydroxyl groups is 2. The predicted octanol–water partition coefficient (Wildman–Crippen LogP) is 4.44. The molecule has 0 aliphatic rings. The fourth-order valence-electron chi connectivity index (χ4n) is 2.51. The Balaban J connectivity index is 2.75. The number of benzene rings is 2. The highest BCUT2D eigenvalue weighted by Gasteiger charge is 2.20. The quantitative estimate of drug-likeness (QED) is 0.727. The maximum Gasteiger partial charge on any atom is 0.159 e. The molecule has 0 saturated carbocycles. The van der Waals surface area contributed by atoms with Crippen LogP contribution in [0.5, 0.6) is 11.5 Å². The second-order valence-electron chi connectivity index (χ2n) is 6.35. The number of hydrogen-bond acceptors (Lipinski definition) is 3. The van der Waals surface area contributed by atoms with E-state index in [9.17, 15) is 24.1 Å². The maximum atomic E-state index is 13.5. The lowest BCUT2D eigenvalue weighted by atomic mass is 9.91. The maximum absolute atomic E-state index is 13.5. The lowest BCUT2D eigenvalue weighted by Crippen LogP contribution is -2.13. The van der Waals surface area contributed by atoms with Crippen molar-refractivity contribution in [2.45, 2.75) is 33.3 Å². The summed E-state index contributed by atoms with van der Waals surface area (Å²) in [4.78, 5) is 0. The van der Waals surface area contributed by atoms with E-state index in [1.807, 2.05) is 0 Å². The normalized spacial score (nSPS) is 12.1. The van der Waals surface area contributed by atoms with Crippen LogP contribution in [0.3, 0.4) is 0 Å². The average Bonchev–Trinajstić information content (AvgIpc) is 2.47. The molecule has 3 nitrogen and oxygen atoms in total. The molecule has 2 aromatic carbocycles. The fourth-order valence-corrected chi connectivity index (χ4v) is 2.51. The Kier molecular flexibility index (Phi) is 4.67. The summed E-state index contributed by atoms with van der Waals surface area (Å²) in [5, 5.41) is 30.8. The largest absolute Gasteiger partial charge is 0.507 e. The molecule has 0 aliphatic carbocycles.